The fraction of sp³-hybridized carbons (Fsp3) is 0.606. The zero-order valence-electron chi connectivity index (χ0n) is 27.0. The van der Waals surface area contributed by atoms with E-state index < -0.39 is 35.4 Å². The summed E-state index contributed by atoms with van der Waals surface area (Å²) in [5, 5.41) is 11.9. The molecule has 2 aromatic rings. The molecular weight excluding hydrogens is 562 g/mol. The molecule has 0 aliphatic carbocycles. The number of nitrogens with one attached hydrogen (secondary N) is 3. The van der Waals surface area contributed by atoms with Gasteiger partial charge in [0.25, 0.3) is 5.91 Å². The molecule has 242 valence electrons. The predicted octanol–water partition coefficient (Wildman–Crippen LogP) is 3.42. The molecule has 4 rings (SSSR count). The van der Waals surface area contributed by atoms with Gasteiger partial charge in [-0.25, -0.2) is 0 Å². The summed E-state index contributed by atoms with van der Waals surface area (Å²) in [6.07, 6.45) is 3.14. The molecule has 0 unspecified atom stereocenters. The van der Waals surface area contributed by atoms with Gasteiger partial charge in [-0.1, -0.05) is 68.7 Å². The summed E-state index contributed by atoms with van der Waals surface area (Å²) < 4.78 is 10.6. The van der Waals surface area contributed by atoms with Gasteiger partial charge in [-0.2, -0.15) is 0 Å². The Hall–Kier alpha value is -3.57. The van der Waals surface area contributed by atoms with Gasteiger partial charge >= 0.3 is 0 Å². The average molecular weight is 612 g/mol. The zero-order chi connectivity index (χ0) is 32.3. The second kappa shape index (κ2) is 16.5. The van der Waals surface area contributed by atoms with Gasteiger partial charge in [0, 0.05) is 6.07 Å². The molecule has 0 bridgehead atoms. The highest BCUT2D eigenvalue weighted by Crippen LogP contribution is 2.29. The number of amides is 3. The van der Waals surface area contributed by atoms with Crippen molar-refractivity contribution in [2.45, 2.75) is 91.5 Å². The predicted molar refractivity (Wildman–Crippen MR) is 167 cm³/mol. The largest absolute Gasteiger partial charge is 0.361 e. The van der Waals surface area contributed by atoms with Crippen LogP contribution in [0, 0.1) is 18.8 Å². The van der Waals surface area contributed by atoms with Gasteiger partial charge in [-0.15, -0.1) is 0 Å². The van der Waals surface area contributed by atoms with Crippen molar-refractivity contribution in [1.82, 2.24) is 26.0 Å². The highest BCUT2D eigenvalue weighted by atomic mass is 16.6. The van der Waals surface area contributed by atoms with Crippen LogP contribution in [0.5, 0.6) is 0 Å². The molecule has 1 aromatic heterocycles. The van der Waals surface area contributed by atoms with Gasteiger partial charge in [0.2, 0.25) is 11.8 Å². The van der Waals surface area contributed by atoms with E-state index in [4.69, 9.17) is 9.26 Å². The summed E-state index contributed by atoms with van der Waals surface area (Å²) in [5.41, 5.74) is 0.583. The van der Waals surface area contributed by atoms with Gasteiger partial charge in [0.15, 0.2) is 17.2 Å². The maximum atomic E-state index is 12.9. The van der Waals surface area contributed by atoms with E-state index >= 15 is 0 Å². The molecule has 3 atom stereocenters. The summed E-state index contributed by atoms with van der Waals surface area (Å²) in [7, 11) is 0. The van der Waals surface area contributed by atoms with Crippen LogP contribution in [0.1, 0.15) is 82.1 Å². The Balaban J connectivity index is 0.000000662. The van der Waals surface area contributed by atoms with Crippen LogP contribution in [0.15, 0.2) is 40.9 Å². The lowest BCUT2D eigenvalue weighted by molar-refractivity contribution is -0.131. The lowest BCUT2D eigenvalue weighted by Gasteiger charge is -2.22. The van der Waals surface area contributed by atoms with Gasteiger partial charge < -0.3 is 25.2 Å². The molecule has 11 nitrogen and oxygen atoms in total. The summed E-state index contributed by atoms with van der Waals surface area (Å²) in [6, 6.07) is 10.3. The molecule has 2 saturated heterocycles. The van der Waals surface area contributed by atoms with Crippen LogP contribution < -0.4 is 16.0 Å². The van der Waals surface area contributed by atoms with Crippen molar-refractivity contribution in [2.75, 3.05) is 26.2 Å². The number of aryl methyl sites for hydroxylation is 1. The second-order valence-electron chi connectivity index (χ2n) is 12.8. The molecule has 2 fully saturated rings. The van der Waals surface area contributed by atoms with Gasteiger partial charge in [0.05, 0.1) is 25.7 Å². The number of aromatic nitrogens is 1. The Labute approximate surface area is 260 Å². The molecule has 0 saturated carbocycles. The van der Waals surface area contributed by atoms with Crippen LogP contribution in [0.2, 0.25) is 0 Å². The molecule has 0 spiro atoms. The summed E-state index contributed by atoms with van der Waals surface area (Å²) in [4.78, 5) is 53.3. The maximum Gasteiger partial charge on any atom is 0.274 e. The van der Waals surface area contributed by atoms with Crippen LogP contribution in [0.25, 0.3) is 0 Å². The molecule has 3 amide bonds. The van der Waals surface area contributed by atoms with E-state index in [0.29, 0.717) is 31.8 Å². The van der Waals surface area contributed by atoms with E-state index in [1.807, 2.05) is 45.9 Å². The minimum atomic E-state index is -0.856. The quantitative estimate of drug-likeness (QED) is 0.276. The average Bonchev–Trinajstić information content (AvgIpc) is 3.32. The zero-order valence-corrected chi connectivity index (χ0v) is 27.0. The smallest absolute Gasteiger partial charge is 0.274 e. The highest BCUT2D eigenvalue weighted by Gasteiger charge is 2.50. The van der Waals surface area contributed by atoms with Gasteiger partial charge in [-0.05, 0) is 64.5 Å². The number of ketones is 1. The lowest BCUT2D eigenvalue weighted by atomic mass is 9.93. The first kappa shape index (κ1) is 34.9. The Kier molecular flexibility index (Phi) is 13.1. The van der Waals surface area contributed by atoms with Crippen molar-refractivity contribution in [3.05, 3.63) is 53.4 Å². The van der Waals surface area contributed by atoms with Crippen molar-refractivity contribution < 1.29 is 28.4 Å². The third-order valence-electron chi connectivity index (χ3n) is 7.52. The molecular formula is C33H49N5O6. The number of rotatable bonds is 14. The lowest BCUT2D eigenvalue weighted by Crippen LogP contribution is -2.52. The molecule has 44 heavy (non-hydrogen) atoms. The van der Waals surface area contributed by atoms with Crippen LogP contribution in [0.3, 0.4) is 0 Å². The number of likely N-dealkylation sites (tertiary alicyclic amines) is 1. The van der Waals surface area contributed by atoms with E-state index in [1.54, 1.807) is 13.0 Å². The van der Waals surface area contributed by atoms with Crippen LogP contribution in [0.4, 0.5) is 0 Å². The molecule has 0 radical (unpaired) electrons. The number of ether oxygens (including phenoxy) is 1. The minimum absolute atomic E-state index is 0.110. The van der Waals surface area contributed by atoms with Crippen molar-refractivity contribution in [2.24, 2.45) is 11.8 Å². The van der Waals surface area contributed by atoms with E-state index in [9.17, 15) is 19.2 Å². The van der Waals surface area contributed by atoms with Gasteiger partial charge in [-0.3, -0.25) is 24.1 Å². The third-order valence-corrected chi connectivity index (χ3v) is 7.52. The molecule has 3 N–H and O–H groups in total. The molecule has 11 heteroatoms. The number of hydrogen-bond donors (Lipinski definition) is 3. The van der Waals surface area contributed by atoms with E-state index in [2.05, 4.69) is 45.1 Å². The van der Waals surface area contributed by atoms with Crippen LogP contribution in [-0.4, -0.2) is 77.5 Å². The number of hydrogen-bond acceptors (Lipinski definition) is 8. The second-order valence-corrected chi connectivity index (χ2v) is 12.8. The van der Waals surface area contributed by atoms with E-state index in [1.165, 1.54) is 5.56 Å². The maximum absolute atomic E-state index is 12.9. The molecule has 1 aromatic carbocycles. The molecule has 2 aliphatic heterocycles. The summed E-state index contributed by atoms with van der Waals surface area (Å²) in [6.45, 7) is 14.2. The first-order chi connectivity index (χ1) is 20.9. The van der Waals surface area contributed by atoms with Gasteiger partial charge in [0.1, 0.15) is 11.6 Å². The monoisotopic (exact) mass is 611 g/mol. The van der Waals surface area contributed by atoms with E-state index in [-0.39, 0.29) is 29.9 Å². The summed E-state index contributed by atoms with van der Waals surface area (Å²) in [5.74, 6) is -0.741. The normalized spacial score (nSPS) is 19.1. The first-order valence-electron chi connectivity index (χ1n) is 15.6. The highest BCUT2D eigenvalue weighted by molar-refractivity contribution is 5.98. The number of Topliss-reactive ketones (excluding diaryl/α,β-unsaturated/α-hetero) is 1. The number of epoxide rings is 1. The topological polar surface area (TPSA) is 146 Å². The third kappa shape index (κ3) is 11.5. The standard InChI is InChI=1S/C26H41N5O6.C7H8/c1-16(2)10-19(23(33)26(5)15-36-26)28-22(32)13-27-24(34)20(11-17(3)4)29-25(35)21-12-18(37-30-21)14-31-8-6-7-9-31;1-7-5-3-2-4-6-7/h12,16-17,19-20H,6-11,13-15H2,1-5H3,(H,27,34)(H,28,32)(H,29,35);2-6H,1H3/t19-,20-,26+;/m0./s1. The van der Waals surface area contributed by atoms with Crippen molar-refractivity contribution >= 4 is 23.5 Å². The number of carbonyl (C=O) groups is 4. The molecule has 2 aliphatic rings. The summed E-state index contributed by atoms with van der Waals surface area (Å²) >= 11 is 0. The Bertz CT molecular complexity index is 1230. The number of nitrogens with zero attached hydrogens (tertiary/aromatic N) is 2. The van der Waals surface area contributed by atoms with Crippen molar-refractivity contribution in [3.63, 3.8) is 0 Å². The Morgan fingerprint density at radius 2 is 1.57 bits per heavy atom. The van der Waals surface area contributed by atoms with Crippen LogP contribution in [-0.2, 0) is 25.7 Å². The fourth-order valence-electron chi connectivity index (χ4n) is 4.98. The number of benzene rings is 1. The fourth-order valence-corrected chi connectivity index (χ4v) is 4.98. The number of carbonyl (C=O) groups excluding carboxylic acids is 4. The van der Waals surface area contributed by atoms with Crippen molar-refractivity contribution in [3.8, 4) is 0 Å². The van der Waals surface area contributed by atoms with E-state index in [0.717, 1.165) is 25.9 Å². The molecule has 3 heterocycles. The Morgan fingerprint density at radius 3 is 2.11 bits per heavy atom. The Morgan fingerprint density at radius 1 is 0.955 bits per heavy atom. The van der Waals surface area contributed by atoms with Crippen LogP contribution >= 0.6 is 0 Å². The SMILES string of the molecule is CC(C)C[C@H](NC(=O)c1cc(CN2CCCC2)on1)C(=O)NCC(=O)N[C@@H](CC(C)C)C(=O)[C@@]1(C)CO1.Cc1ccccc1. The van der Waals surface area contributed by atoms with Crippen molar-refractivity contribution in [1.29, 1.82) is 0 Å². The minimum Gasteiger partial charge on any atom is -0.361 e. The first-order valence-corrected chi connectivity index (χ1v) is 15.6.